The fourth-order valence-electron chi connectivity index (χ4n) is 2.90. The van der Waals surface area contributed by atoms with Crippen molar-refractivity contribution in [2.24, 2.45) is 7.05 Å². The van der Waals surface area contributed by atoms with Gasteiger partial charge in [0.1, 0.15) is 11.5 Å². The lowest BCUT2D eigenvalue weighted by atomic mass is 10.0. The molecule has 3 rings (SSSR count). The largest absolute Gasteiger partial charge is 0.497 e. The topological polar surface area (TPSA) is 49.2 Å². The molecule has 1 atom stereocenters. The first-order valence-corrected chi connectivity index (χ1v) is 10.4. The van der Waals surface area contributed by atoms with Gasteiger partial charge in [-0.15, -0.1) is 10.2 Å². The summed E-state index contributed by atoms with van der Waals surface area (Å²) in [6.45, 7) is 6.36. The molecule has 6 heteroatoms. The molecule has 148 valence electrons. The molecular weight excluding hydrogens is 370 g/mol. The van der Waals surface area contributed by atoms with E-state index in [-0.39, 0.29) is 6.10 Å². The predicted molar refractivity (Wildman–Crippen MR) is 113 cm³/mol. The van der Waals surface area contributed by atoms with Crippen molar-refractivity contribution < 1.29 is 9.47 Å². The highest BCUT2D eigenvalue weighted by molar-refractivity contribution is 7.98. The van der Waals surface area contributed by atoms with E-state index in [2.05, 4.69) is 42.2 Å². The number of hydrogen-bond donors (Lipinski definition) is 0. The number of methoxy groups -OCH3 is 1. The molecule has 0 aliphatic carbocycles. The van der Waals surface area contributed by atoms with E-state index in [4.69, 9.17) is 9.47 Å². The van der Waals surface area contributed by atoms with E-state index in [9.17, 15) is 0 Å². The summed E-state index contributed by atoms with van der Waals surface area (Å²) in [5.74, 6) is 3.82. The summed E-state index contributed by atoms with van der Waals surface area (Å²) in [5.41, 5.74) is 2.48. The molecule has 0 bridgehead atoms. The summed E-state index contributed by atoms with van der Waals surface area (Å²) in [7, 11) is 3.66. The van der Waals surface area contributed by atoms with Crippen LogP contribution in [0.3, 0.4) is 0 Å². The van der Waals surface area contributed by atoms with Crippen molar-refractivity contribution in [2.45, 2.75) is 43.7 Å². The van der Waals surface area contributed by atoms with Gasteiger partial charge in [-0.05, 0) is 48.2 Å². The molecule has 0 spiro atoms. The maximum absolute atomic E-state index is 6.07. The minimum Gasteiger partial charge on any atom is -0.497 e. The Morgan fingerprint density at radius 2 is 1.75 bits per heavy atom. The lowest BCUT2D eigenvalue weighted by molar-refractivity contribution is 0.211. The second kappa shape index (κ2) is 9.15. The van der Waals surface area contributed by atoms with Gasteiger partial charge in [0.05, 0.1) is 7.11 Å². The molecule has 0 N–H and O–H groups in total. The maximum Gasteiger partial charge on any atom is 0.191 e. The summed E-state index contributed by atoms with van der Waals surface area (Å²) in [4.78, 5) is 0. The van der Waals surface area contributed by atoms with Gasteiger partial charge in [0.25, 0.3) is 0 Å². The molecule has 2 aromatic carbocycles. The van der Waals surface area contributed by atoms with Crippen LogP contribution in [0.25, 0.3) is 0 Å². The Balaban J connectivity index is 1.64. The zero-order valence-electron chi connectivity index (χ0n) is 17.0. The molecule has 5 nitrogen and oxygen atoms in total. The van der Waals surface area contributed by atoms with Crippen LogP contribution >= 0.6 is 11.8 Å². The number of ether oxygens (including phenoxy) is 2. The second-order valence-corrected chi connectivity index (χ2v) is 7.97. The van der Waals surface area contributed by atoms with Crippen LogP contribution in [-0.4, -0.2) is 21.9 Å². The summed E-state index contributed by atoms with van der Waals surface area (Å²) in [6, 6.07) is 16.3. The van der Waals surface area contributed by atoms with Gasteiger partial charge in [0.15, 0.2) is 17.1 Å². The Labute approximate surface area is 171 Å². The fraction of sp³-hybridized carbons (Fsp3) is 0.364. The van der Waals surface area contributed by atoms with E-state index in [1.54, 1.807) is 18.9 Å². The van der Waals surface area contributed by atoms with Crippen molar-refractivity contribution in [1.29, 1.82) is 0 Å². The highest BCUT2D eigenvalue weighted by Gasteiger charge is 2.17. The molecule has 0 radical (unpaired) electrons. The van der Waals surface area contributed by atoms with E-state index >= 15 is 0 Å². The molecule has 1 aromatic heterocycles. The normalized spacial score (nSPS) is 12.2. The van der Waals surface area contributed by atoms with Crippen LogP contribution in [0.1, 0.15) is 49.7 Å². The first-order chi connectivity index (χ1) is 13.5. The SMILES string of the molecule is COc1cccc(CSc2nnc(C(C)Oc3ccc(C(C)C)cc3)n2C)c1. The minimum absolute atomic E-state index is 0.187. The van der Waals surface area contributed by atoms with Crippen molar-refractivity contribution in [3.63, 3.8) is 0 Å². The van der Waals surface area contributed by atoms with Crippen molar-refractivity contribution in [3.05, 3.63) is 65.5 Å². The fourth-order valence-corrected chi connectivity index (χ4v) is 3.77. The molecule has 0 aliphatic heterocycles. The van der Waals surface area contributed by atoms with Gasteiger partial charge in [-0.2, -0.15) is 0 Å². The van der Waals surface area contributed by atoms with Gasteiger partial charge < -0.3 is 14.0 Å². The van der Waals surface area contributed by atoms with E-state index in [0.29, 0.717) is 5.92 Å². The lowest BCUT2D eigenvalue weighted by Crippen LogP contribution is -2.10. The zero-order valence-corrected chi connectivity index (χ0v) is 17.9. The Kier molecular flexibility index (Phi) is 6.62. The van der Waals surface area contributed by atoms with Crippen LogP contribution in [-0.2, 0) is 12.8 Å². The smallest absolute Gasteiger partial charge is 0.191 e. The number of aromatic nitrogens is 3. The zero-order chi connectivity index (χ0) is 20.1. The Bertz CT molecular complexity index is 906. The summed E-state index contributed by atoms with van der Waals surface area (Å²) >= 11 is 1.65. The van der Waals surface area contributed by atoms with Crippen LogP contribution in [0.4, 0.5) is 0 Å². The second-order valence-electron chi connectivity index (χ2n) is 7.02. The first-order valence-electron chi connectivity index (χ1n) is 9.39. The molecule has 1 heterocycles. The van der Waals surface area contributed by atoms with Crippen LogP contribution in [0.2, 0.25) is 0 Å². The molecule has 1 unspecified atom stereocenters. The standard InChI is InChI=1S/C22H27N3O2S/c1-15(2)18-9-11-19(12-10-18)27-16(3)21-23-24-22(25(21)4)28-14-17-7-6-8-20(13-17)26-5/h6-13,15-16H,14H2,1-5H3. The number of hydrogen-bond acceptors (Lipinski definition) is 5. The Morgan fingerprint density at radius 1 is 1.00 bits per heavy atom. The Hall–Kier alpha value is -2.47. The summed E-state index contributed by atoms with van der Waals surface area (Å²) < 4.78 is 13.4. The van der Waals surface area contributed by atoms with Gasteiger partial charge >= 0.3 is 0 Å². The van der Waals surface area contributed by atoms with Crippen LogP contribution in [0.5, 0.6) is 11.5 Å². The molecule has 0 amide bonds. The van der Waals surface area contributed by atoms with Gasteiger partial charge in [-0.25, -0.2) is 0 Å². The molecule has 0 saturated carbocycles. The molecule has 0 aliphatic rings. The van der Waals surface area contributed by atoms with E-state index in [1.807, 2.05) is 48.9 Å². The number of rotatable bonds is 8. The van der Waals surface area contributed by atoms with Crippen LogP contribution in [0.15, 0.2) is 53.7 Å². The number of thioether (sulfide) groups is 1. The lowest BCUT2D eigenvalue weighted by Gasteiger charge is -2.15. The van der Waals surface area contributed by atoms with Gasteiger partial charge in [0, 0.05) is 12.8 Å². The van der Waals surface area contributed by atoms with Gasteiger partial charge in [-0.3, -0.25) is 0 Å². The summed E-state index contributed by atoms with van der Waals surface area (Å²) in [5, 5.41) is 9.55. The minimum atomic E-state index is -0.187. The molecule has 28 heavy (non-hydrogen) atoms. The van der Waals surface area contributed by atoms with E-state index in [0.717, 1.165) is 28.2 Å². The van der Waals surface area contributed by atoms with E-state index < -0.39 is 0 Å². The third-order valence-corrected chi connectivity index (χ3v) is 5.69. The van der Waals surface area contributed by atoms with Crippen molar-refractivity contribution in [2.75, 3.05) is 7.11 Å². The van der Waals surface area contributed by atoms with Gasteiger partial charge in [0.2, 0.25) is 0 Å². The molecular formula is C22H27N3O2S. The highest BCUT2D eigenvalue weighted by atomic mass is 32.2. The third kappa shape index (κ3) is 4.87. The number of benzene rings is 2. The predicted octanol–water partition coefficient (Wildman–Crippen LogP) is 5.38. The van der Waals surface area contributed by atoms with Gasteiger partial charge in [-0.1, -0.05) is 49.9 Å². The first kappa shape index (κ1) is 20.3. The molecule has 0 fully saturated rings. The average molecular weight is 398 g/mol. The van der Waals surface area contributed by atoms with Crippen LogP contribution < -0.4 is 9.47 Å². The Morgan fingerprint density at radius 3 is 2.43 bits per heavy atom. The van der Waals surface area contributed by atoms with Crippen molar-refractivity contribution >= 4 is 11.8 Å². The monoisotopic (exact) mass is 397 g/mol. The quantitative estimate of drug-likeness (QED) is 0.478. The molecule has 0 saturated heterocycles. The third-order valence-electron chi connectivity index (χ3n) is 4.59. The van der Waals surface area contributed by atoms with E-state index in [1.165, 1.54) is 11.1 Å². The average Bonchev–Trinajstić information content (AvgIpc) is 3.07. The highest BCUT2D eigenvalue weighted by Crippen LogP contribution is 2.27. The summed E-state index contributed by atoms with van der Waals surface area (Å²) in [6.07, 6.45) is -0.187. The number of nitrogens with zero attached hydrogens (tertiary/aromatic N) is 3. The van der Waals surface area contributed by atoms with Crippen LogP contribution in [0, 0.1) is 0 Å². The van der Waals surface area contributed by atoms with Crippen molar-refractivity contribution in [1.82, 2.24) is 14.8 Å². The van der Waals surface area contributed by atoms with Crippen molar-refractivity contribution in [3.8, 4) is 11.5 Å². The molecule has 3 aromatic rings. The maximum atomic E-state index is 6.07.